The SMILES string of the molecule is Cc1ccc(NC(=O)c2sc(Nc3cccc(F)c3)nc2C)c(C)c1. The second-order valence-electron chi connectivity index (χ2n) is 5.84. The summed E-state index contributed by atoms with van der Waals surface area (Å²) in [6, 6.07) is 12.0. The molecule has 0 atom stereocenters. The van der Waals surface area contributed by atoms with E-state index in [0.717, 1.165) is 16.8 Å². The van der Waals surface area contributed by atoms with Gasteiger partial charge in [0.15, 0.2) is 5.13 Å². The van der Waals surface area contributed by atoms with Gasteiger partial charge in [-0.1, -0.05) is 35.1 Å². The topological polar surface area (TPSA) is 54.0 Å². The van der Waals surface area contributed by atoms with Gasteiger partial charge in [0.05, 0.1) is 5.69 Å². The summed E-state index contributed by atoms with van der Waals surface area (Å²) in [4.78, 5) is 17.4. The lowest BCUT2D eigenvalue weighted by atomic mass is 10.1. The van der Waals surface area contributed by atoms with E-state index in [1.807, 2.05) is 32.0 Å². The van der Waals surface area contributed by atoms with Crippen molar-refractivity contribution >= 4 is 33.8 Å². The van der Waals surface area contributed by atoms with Gasteiger partial charge in [0, 0.05) is 11.4 Å². The third-order valence-electron chi connectivity index (χ3n) is 3.71. The zero-order valence-electron chi connectivity index (χ0n) is 14.2. The van der Waals surface area contributed by atoms with Crippen molar-refractivity contribution in [3.05, 3.63) is 70.0 Å². The molecule has 25 heavy (non-hydrogen) atoms. The fraction of sp³-hybridized carbons (Fsp3) is 0.158. The van der Waals surface area contributed by atoms with E-state index < -0.39 is 0 Å². The number of halogens is 1. The lowest BCUT2D eigenvalue weighted by molar-refractivity contribution is 0.102. The summed E-state index contributed by atoms with van der Waals surface area (Å²) >= 11 is 1.24. The molecular formula is C19H18FN3OS. The molecule has 0 saturated carbocycles. The summed E-state index contributed by atoms with van der Waals surface area (Å²) in [7, 11) is 0. The van der Waals surface area contributed by atoms with E-state index in [1.165, 1.54) is 23.5 Å². The van der Waals surface area contributed by atoms with E-state index in [-0.39, 0.29) is 11.7 Å². The molecule has 0 aliphatic rings. The van der Waals surface area contributed by atoms with Crippen LogP contribution in [0.2, 0.25) is 0 Å². The number of anilines is 3. The number of aromatic nitrogens is 1. The van der Waals surface area contributed by atoms with Gasteiger partial charge in [-0.3, -0.25) is 4.79 Å². The van der Waals surface area contributed by atoms with Gasteiger partial charge < -0.3 is 10.6 Å². The molecule has 0 aliphatic carbocycles. The molecule has 6 heteroatoms. The van der Waals surface area contributed by atoms with Crippen LogP contribution in [0.4, 0.5) is 20.9 Å². The first-order valence-corrected chi connectivity index (χ1v) is 8.62. The highest BCUT2D eigenvalue weighted by molar-refractivity contribution is 7.17. The number of carbonyl (C=O) groups excluding carboxylic acids is 1. The molecular weight excluding hydrogens is 337 g/mol. The number of hydrogen-bond acceptors (Lipinski definition) is 4. The lowest BCUT2D eigenvalue weighted by Gasteiger charge is -2.08. The summed E-state index contributed by atoms with van der Waals surface area (Å²) in [6.07, 6.45) is 0. The number of carbonyl (C=O) groups is 1. The summed E-state index contributed by atoms with van der Waals surface area (Å²) in [5, 5.41) is 6.51. The fourth-order valence-electron chi connectivity index (χ4n) is 2.48. The van der Waals surface area contributed by atoms with Gasteiger partial charge in [-0.05, 0) is 50.6 Å². The van der Waals surface area contributed by atoms with Crippen LogP contribution in [-0.2, 0) is 0 Å². The Balaban J connectivity index is 1.78. The normalized spacial score (nSPS) is 10.6. The molecule has 0 radical (unpaired) electrons. The molecule has 1 amide bonds. The van der Waals surface area contributed by atoms with Gasteiger partial charge in [-0.25, -0.2) is 9.37 Å². The van der Waals surface area contributed by atoms with Crippen LogP contribution >= 0.6 is 11.3 Å². The number of hydrogen-bond donors (Lipinski definition) is 2. The summed E-state index contributed by atoms with van der Waals surface area (Å²) in [5.41, 5.74) is 4.16. The largest absolute Gasteiger partial charge is 0.331 e. The van der Waals surface area contributed by atoms with Crippen molar-refractivity contribution in [2.24, 2.45) is 0 Å². The maximum absolute atomic E-state index is 13.3. The highest BCUT2D eigenvalue weighted by Gasteiger charge is 2.16. The minimum absolute atomic E-state index is 0.200. The predicted octanol–water partition coefficient (Wildman–Crippen LogP) is 5.20. The molecule has 1 heterocycles. The van der Waals surface area contributed by atoms with E-state index in [9.17, 15) is 9.18 Å². The van der Waals surface area contributed by atoms with Crippen molar-refractivity contribution in [2.45, 2.75) is 20.8 Å². The Hall–Kier alpha value is -2.73. The van der Waals surface area contributed by atoms with Crippen LogP contribution in [-0.4, -0.2) is 10.9 Å². The van der Waals surface area contributed by atoms with Gasteiger partial charge in [0.1, 0.15) is 10.7 Å². The van der Waals surface area contributed by atoms with Crippen LogP contribution in [0, 0.1) is 26.6 Å². The zero-order chi connectivity index (χ0) is 18.0. The van der Waals surface area contributed by atoms with Crippen LogP contribution in [0.1, 0.15) is 26.5 Å². The second-order valence-corrected chi connectivity index (χ2v) is 6.84. The maximum atomic E-state index is 13.3. The van der Waals surface area contributed by atoms with Crippen molar-refractivity contribution in [3.8, 4) is 0 Å². The standard InChI is InChI=1S/C19H18FN3OS/c1-11-7-8-16(12(2)9-11)23-18(24)17-13(3)21-19(25-17)22-15-6-4-5-14(20)10-15/h4-10H,1-3H3,(H,21,22)(H,23,24). The Bertz CT molecular complexity index is 936. The van der Waals surface area contributed by atoms with Crippen molar-refractivity contribution < 1.29 is 9.18 Å². The Morgan fingerprint density at radius 1 is 1.12 bits per heavy atom. The summed E-state index contributed by atoms with van der Waals surface area (Å²) < 4.78 is 13.3. The van der Waals surface area contributed by atoms with Gasteiger partial charge in [0.25, 0.3) is 5.91 Å². The van der Waals surface area contributed by atoms with Crippen molar-refractivity contribution in [1.82, 2.24) is 4.98 Å². The maximum Gasteiger partial charge on any atom is 0.267 e. The lowest BCUT2D eigenvalue weighted by Crippen LogP contribution is -2.12. The van der Waals surface area contributed by atoms with E-state index in [0.29, 0.717) is 21.4 Å². The van der Waals surface area contributed by atoms with Gasteiger partial charge in [-0.2, -0.15) is 0 Å². The summed E-state index contributed by atoms with van der Waals surface area (Å²) in [5.74, 6) is -0.527. The first-order chi connectivity index (χ1) is 11.9. The van der Waals surface area contributed by atoms with Crippen molar-refractivity contribution in [2.75, 3.05) is 10.6 Å². The number of benzene rings is 2. The number of nitrogens with one attached hydrogen (secondary N) is 2. The van der Waals surface area contributed by atoms with E-state index in [1.54, 1.807) is 19.1 Å². The second kappa shape index (κ2) is 7.03. The molecule has 3 rings (SSSR count). The fourth-order valence-corrected chi connectivity index (χ4v) is 3.37. The Morgan fingerprint density at radius 2 is 1.92 bits per heavy atom. The van der Waals surface area contributed by atoms with Crippen LogP contribution in [0.3, 0.4) is 0 Å². The predicted molar refractivity (Wildman–Crippen MR) is 100 cm³/mol. The van der Waals surface area contributed by atoms with Crippen LogP contribution < -0.4 is 10.6 Å². The van der Waals surface area contributed by atoms with Crippen molar-refractivity contribution in [3.63, 3.8) is 0 Å². The first kappa shape index (κ1) is 17.1. The molecule has 1 aromatic heterocycles. The molecule has 0 saturated heterocycles. The van der Waals surface area contributed by atoms with Crippen LogP contribution in [0.15, 0.2) is 42.5 Å². The molecule has 2 N–H and O–H groups in total. The molecule has 128 valence electrons. The number of thiazole rings is 1. The minimum atomic E-state index is -0.328. The number of nitrogens with zero attached hydrogens (tertiary/aromatic N) is 1. The molecule has 0 spiro atoms. The third-order valence-corrected chi connectivity index (χ3v) is 4.78. The average Bonchev–Trinajstić information content (AvgIpc) is 2.90. The number of aryl methyl sites for hydroxylation is 3. The molecule has 3 aromatic rings. The first-order valence-electron chi connectivity index (χ1n) is 7.81. The average molecular weight is 355 g/mol. The van der Waals surface area contributed by atoms with E-state index in [4.69, 9.17) is 0 Å². The molecule has 4 nitrogen and oxygen atoms in total. The van der Waals surface area contributed by atoms with Crippen molar-refractivity contribution in [1.29, 1.82) is 0 Å². The Kier molecular flexibility index (Phi) is 4.81. The monoisotopic (exact) mass is 355 g/mol. The third kappa shape index (κ3) is 4.03. The highest BCUT2D eigenvalue weighted by Crippen LogP contribution is 2.27. The quantitative estimate of drug-likeness (QED) is 0.676. The number of rotatable bonds is 4. The van der Waals surface area contributed by atoms with Gasteiger partial charge in [-0.15, -0.1) is 0 Å². The van der Waals surface area contributed by atoms with Gasteiger partial charge >= 0.3 is 0 Å². The minimum Gasteiger partial charge on any atom is -0.331 e. The van der Waals surface area contributed by atoms with Crippen LogP contribution in [0.5, 0.6) is 0 Å². The Labute approximate surface area is 149 Å². The molecule has 0 unspecified atom stereocenters. The molecule has 0 bridgehead atoms. The van der Waals surface area contributed by atoms with E-state index in [2.05, 4.69) is 15.6 Å². The molecule has 0 aliphatic heterocycles. The smallest absolute Gasteiger partial charge is 0.267 e. The molecule has 0 fully saturated rings. The molecule has 2 aromatic carbocycles. The zero-order valence-corrected chi connectivity index (χ0v) is 15.0. The summed E-state index contributed by atoms with van der Waals surface area (Å²) in [6.45, 7) is 5.75. The number of amides is 1. The van der Waals surface area contributed by atoms with E-state index >= 15 is 0 Å². The van der Waals surface area contributed by atoms with Crippen LogP contribution in [0.25, 0.3) is 0 Å². The Morgan fingerprint density at radius 3 is 2.64 bits per heavy atom. The highest BCUT2D eigenvalue weighted by atomic mass is 32.1. The van der Waals surface area contributed by atoms with Gasteiger partial charge in [0.2, 0.25) is 0 Å².